The topological polar surface area (TPSA) is 44.1 Å². The molecule has 0 radical (unpaired) electrons. The number of carbonyl (C=O) groups is 1. The van der Waals surface area contributed by atoms with E-state index in [9.17, 15) is 9.18 Å². The average molecular weight is 260 g/mol. The normalized spacial score (nSPS) is 16.7. The number of nitriles is 1. The lowest BCUT2D eigenvalue weighted by atomic mass is 9.95. The lowest BCUT2D eigenvalue weighted by Gasteiger charge is -2.27. The van der Waals surface area contributed by atoms with Crippen molar-refractivity contribution in [3.8, 4) is 6.07 Å². The zero-order valence-electron chi connectivity index (χ0n) is 10.8. The van der Waals surface area contributed by atoms with Crippen molar-refractivity contribution in [2.45, 2.75) is 31.6 Å². The Kier molecular flexibility index (Phi) is 4.51. The second-order valence-electron chi connectivity index (χ2n) is 4.85. The second-order valence-corrected chi connectivity index (χ2v) is 4.85. The van der Waals surface area contributed by atoms with E-state index in [2.05, 4.69) is 0 Å². The highest BCUT2D eigenvalue weighted by molar-refractivity contribution is 5.77. The molecule has 19 heavy (non-hydrogen) atoms. The van der Waals surface area contributed by atoms with Gasteiger partial charge in [0, 0.05) is 25.1 Å². The van der Waals surface area contributed by atoms with Crippen LogP contribution in [0.3, 0.4) is 0 Å². The molecule has 1 atom stereocenters. The van der Waals surface area contributed by atoms with Crippen molar-refractivity contribution in [1.82, 2.24) is 4.90 Å². The molecule has 1 aliphatic heterocycles. The maximum absolute atomic E-state index is 13.6. The highest BCUT2D eigenvalue weighted by Gasteiger charge is 2.23. The Hall–Kier alpha value is -1.89. The first-order chi connectivity index (χ1) is 9.22. The first kappa shape index (κ1) is 13.5. The fraction of sp³-hybridized carbons (Fsp3) is 0.467. The van der Waals surface area contributed by atoms with Crippen LogP contribution in [-0.4, -0.2) is 23.9 Å². The maximum Gasteiger partial charge on any atom is 0.224 e. The summed E-state index contributed by atoms with van der Waals surface area (Å²) in [5.41, 5.74) is 0.315. The number of hydrogen-bond donors (Lipinski definition) is 0. The van der Waals surface area contributed by atoms with Gasteiger partial charge in [0.25, 0.3) is 0 Å². The lowest BCUT2D eigenvalue weighted by molar-refractivity contribution is -0.132. The molecule has 1 saturated heterocycles. The van der Waals surface area contributed by atoms with Gasteiger partial charge in [-0.25, -0.2) is 4.39 Å². The summed E-state index contributed by atoms with van der Waals surface area (Å²) >= 11 is 0. The van der Waals surface area contributed by atoms with E-state index in [4.69, 9.17) is 5.26 Å². The Morgan fingerprint density at radius 2 is 2.00 bits per heavy atom. The van der Waals surface area contributed by atoms with Crippen LogP contribution in [0, 0.1) is 17.1 Å². The Morgan fingerprint density at radius 1 is 1.32 bits per heavy atom. The van der Waals surface area contributed by atoms with Crippen molar-refractivity contribution < 1.29 is 9.18 Å². The summed E-state index contributed by atoms with van der Waals surface area (Å²) in [5, 5.41) is 9.16. The molecule has 4 heteroatoms. The predicted molar refractivity (Wildman–Crippen MR) is 69.8 cm³/mol. The number of carbonyl (C=O) groups excluding carboxylic acids is 1. The Morgan fingerprint density at radius 3 is 2.63 bits per heavy atom. The summed E-state index contributed by atoms with van der Waals surface area (Å²) in [5.74, 6) is -1.16. The van der Waals surface area contributed by atoms with E-state index >= 15 is 0 Å². The fourth-order valence-electron chi connectivity index (χ4n) is 2.43. The third-order valence-electron chi connectivity index (χ3n) is 3.52. The van der Waals surface area contributed by atoms with E-state index in [0.717, 1.165) is 32.4 Å². The Labute approximate surface area is 112 Å². The number of likely N-dealkylation sites (tertiary alicyclic amines) is 1. The van der Waals surface area contributed by atoms with Gasteiger partial charge in [0.05, 0.1) is 12.0 Å². The van der Waals surface area contributed by atoms with E-state index in [1.54, 1.807) is 23.1 Å². The highest BCUT2D eigenvalue weighted by Crippen LogP contribution is 2.23. The number of amides is 1. The molecule has 1 fully saturated rings. The van der Waals surface area contributed by atoms with Gasteiger partial charge in [-0.1, -0.05) is 18.2 Å². The average Bonchev–Trinajstić information content (AvgIpc) is 2.46. The minimum atomic E-state index is -0.698. The first-order valence-corrected chi connectivity index (χ1v) is 6.64. The predicted octanol–water partition coefficient (Wildman–Crippen LogP) is 2.84. The summed E-state index contributed by atoms with van der Waals surface area (Å²) in [6.07, 6.45) is 3.25. The van der Waals surface area contributed by atoms with Crippen LogP contribution >= 0.6 is 0 Å². The number of halogens is 1. The van der Waals surface area contributed by atoms with Crippen LogP contribution < -0.4 is 0 Å². The molecule has 0 spiro atoms. The molecule has 1 amide bonds. The van der Waals surface area contributed by atoms with Crippen molar-refractivity contribution in [2.75, 3.05) is 13.1 Å². The third-order valence-corrected chi connectivity index (χ3v) is 3.52. The van der Waals surface area contributed by atoms with Gasteiger partial charge < -0.3 is 4.90 Å². The molecule has 1 unspecified atom stereocenters. The fourth-order valence-corrected chi connectivity index (χ4v) is 2.43. The number of piperidine rings is 1. The van der Waals surface area contributed by atoms with E-state index < -0.39 is 11.7 Å². The molecule has 100 valence electrons. The molecule has 3 nitrogen and oxygen atoms in total. The zero-order valence-corrected chi connectivity index (χ0v) is 10.8. The number of benzene rings is 1. The SMILES string of the molecule is N#CC(CC(=O)N1CCCCC1)c1ccccc1F. The summed E-state index contributed by atoms with van der Waals surface area (Å²) < 4.78 is 13.6. The van der Waals surface area contributed by atoms with Crippen molar-refractivity contribution in [1.29, 1.82) is 5.26 Å². The van der Waals surface area contributed by atoms with E-state index in [1.165, 1.54) is 6.07 Å². The van der Waals surface area contributed by atoms with Crippen LogP contribution in [0.1, 0.15) is 37.2 Å². The van der Waals surface area contributed by atoms with E-state index in [-0.39, 0.29) is 12.3 Å². The molecule has 0 bridgehead atoms. The minimum absolute atomic E-state index is 0.0468. The van der Waals surface area contributed by atoms with Crippen LogP contribution in [-0.2, 0) is 4.79 Å². The summed E-state index contributed by atoms with van der Waals surface area (Å²) in [4.78, 5) is 13.9. The minimum Gasteiger partial charge on any atom is -0.343 e. The Bertz CT molecular complexity index is 489. The van der Waals surface area contributed by atoms with Crippen molar-refractivity contribution in [2.24, 2.45) is 0 Å². The van der Waals surface area contributed by atoms with Crippen molar-refractivity contribution in [3.63, 3.8) is 0 Å². The van der Waals surface area contributed by atoms with Gasteiger partial charge in [-0.15, -0.1) is 0 Å². The monoisotopic (exact) mass is 260 g/mol. The van der Waals surface area contributed by atoms with Crippen LogP contribution in [0.25, 0.3) is 0 Å². The molecule has 0 aliphatic carbocycles. The molecule has 1 aromatic rings. The molecule has 0 N–H and O–H groups in total. The summed E-state index contributed by atoms with van der Waals surface area (Å²) in [6.45, 7) is 1.52. The summed E-state index contributed by atoms with van der Waals surface area (Å²) in [6, 6.07) is 8.21. The molecular weight excluding hydrogens is 243 g/mol. The van der Waals surface area contributed by atoms with Crippen LogP contribution in [0.15, 0.2) is 24.3 Å². The summed E-state index contributed by atoms with van der Waals surface area (Å²) in [7, 11) is 0. The molecule has 1 heterocycles. The zero-order chi connectivity index (χ0) is 13.7. The van der Waals surface area contributed by atoms with Gasteiger partial charge in [0.2, 0.25) is 5.91 Å². The largest absolute Gasteiger partial charge is 0.343 e. The van der Waals surface area contributed by atoms with Crippen molar-refractivity contribution >= 4 is 5.91 Å². The van der Waals surface area contributed by atoms with Crippen molar-refractivity contribution in [3.05, 3.63) is 35.6 Å². The molecule has 1 aromatic carbocycles. The van der Waals surface area contributed by atoms with E-state index in [0.29, 0.717) is 5.56 Å². The number of rotatable bonds is 3. The van der Waals surface area contributed by atoms with Crippen LogP contribution in [0.5, 0.6) is 0 Å². The van der Waals surface area contributed by atoms with Gasteiger partial charge in [0.15, 0.2) is 0 Å². The maximum atomic E-state index is 13.6. The van der Waals surface area contributed by atoms with Gasteiger partial charge in [0.1, 0.15) is 5.82 Å². The van der Waals surface area contributed by atoms with Gasteiger partial charge >= 0.3 is 0 Å². The van der Waals surface area contributed by atoms with Crippen LogP contribution in [0.2, 0.25) is 0 Å². The quantitative estimate of drug-likeness (QED) is 0.838. The second kappa shape index (κ2) is 6.33. The van der Waals surface area contributed by atoms with Crippen LogP contribution in [0.4, 0.5) is 4.39 Å². The molecular formula is C15H17FN2O. The number of hydrogen-bond acceptors (Lipinski definition) is 2. The van der Waals surface area contributed by atoms with Gasteiger partial charge in [-0.05, 0) is 25.3 Å². The van der Waals surface area contributed by atoms with Gasteiger partial charge in [-0.3, -0.25) is 4.79 Å². The first-order valence-electron chi connectivity index (χ1n) is 6.64. The molecule has 0 saturated carbocycles. The third kappa shape index (κ3) is 3.31. The molecule has 2 rings (SSSR count). The standard InChI is InChI=1S/C15H17FN2O/c16-14-7-3-2-6-13(14)12(11-17)10-15(19)18-8-4-1-5-9-18/h2-3,6-7,12H,1,4-5,8-10H2. The molecule has 1 aliphatic rings. The molecule has 0 aromatic heterocycles. The lowest BCUT2D eigenvalue weighted by Crippen LogP contribution is -2.36. The Balaban J connectivity index is 2.05. The number of nitrogens with zero attached hydrogens (tertiary/aromatic N) is 2. The smallest absolute Gasteiger partial charge is 0.224 e. The highest BCUT2D eigenvalue weighted by atomic mass is 19.1. The van der Waals surface area contributed by atoms with Gasteiger partial charge in [-0.2, -0.15) is 5.26 Å². The van der Waals surface area contributed by atoms with E-state index in [1.807, 2.05) is 6.07 Å².